The zero-order valence-corrected chi connectivity index (χ0v) is 9.90. The second kappa shape index (κ2) is 5.47. The zero-order chi connectivity index (χ0) is 11.4. The lowest BCUT2D eigenvalue weighted by Crippen LogP contribution is -2.49. The molecule has 1 fully saturated rings. The third kappa shape index (κ3) is 3.80. The molecule has 1 amide bonds. The predicted molar refractivity (Wildman–Crippen MR) is 59.5 cm³/mol. The van der Waals surface area contributed by atoms with Crippen LogP contribution >= 0.6 is 0 Å². The number of hydrogen-bond donors (Lipinski definition) is 1. The molecule has 88 valence electrons. The molecule has 0 aromatic heterocycles. The van der Waals surface area contributed by atoms with Gasteiger partial charge in [0.1, 0.15) is 0 Å². The fraction of sp³-hybridized carbons (Fsp3) is 0.909. The predicted octanol–water partition coefficient (Wildman–Crippen LogP) is 0.750. The van der Waals surface area contributed by atoms with Crippen molar-refractivity contribution in [2.24, 2.45) is 5.73 Å². The normalized spacial score (nSPS) is 28.9. The van der Waals surface area contributed by atoms with Gasteiger partial charge in [0, 0.05) is 25.6 Å². The van der Waals surface area contributed by atoms with Crippen LogP contribution in [0.15, 0.2) is 0 Å². The Kier molecular flexibility index (Phi) is 4.54. The first-order valence-electron chi connectivity index (χ1n) is 5.71. The Morgan fingerprint density at radius 3 is 2.80 bits per heavy atom. The van der Waals surface area contributed by atoms with Crippen molar-refractivity contribution in [1.82, 2.24) is 4.90 Å². The summed E-state index contributed by atoms with van der Waals surface area (Å²) in [5.41, 5.74) is 5.62. The molecule has 0 aromatic rings. The molecule has 0 aliphatic carbocycles. The summed E-state index contributed by atoms with van der Waals surface area (Å²) in [7, 11) is 0. The summed E-state index contributed by atoms with van der Waals surface area (Å²) in [6.07, 6.45) is 1.71. The van der Waals surface area contributed by atoms with Gasteiger partial charge in [-0.1, -0.05) is 6.92 Å². The topological polar surface area (TPSA) is 55.6 Å². The molecule has 15 heavy (non-hydrogen) atoms. The van der Waals surface area contributed by atoms with E-state index >= 15 is 0 Å². The van der Waals surface area contributed by atoms with Crippen LogP contribution in [-0.4, -0.2) is 42.1 Å². The summed E-state index contributed by atoms with van der Waals surface area (Å²) < 4.78 is 5.70. The minimum atomic E-state index is -0.0595. The van der Waals surface area contributed by atoms with Gasteiger partial charge in [0.25, 0.3) is 0 Å². The standard InChI is InChI=1S/C11H22N2O2/c1-4-10-7-13(6-9(3)15-10)11(14)5-8(2)12/h8-10H,4-7,12H2,1-3H3. The Morgan fingerprint density at radius 1 is 1.60 bits per heavy atom. The van der Waals surface area contributed by atoms with E-state index in [4.69, 9.17) is 10.5 Å². The highest BCUT2D eigenvalue weighted by molar-refractivity contribution is 5.76. The van der Waals surface area contributed by atoms with Gasteiger partial charge >= 0.3 is 0 Å². The number of rotatable bonds is 3. The highest BCUT2D eigenvalue weighted by Gasteiger charge is 2.27. The van der Waals surface area contributed by atoms with E-state index in [0.29, 0.717) is 19.5 Å². The Balaban J connectivity index is 2.50. The van der Waals surface area contributed by atoms with Gasteiger partial charge in [-0.25, -0.2) is 0 Å². The van der Waals surface area contributed by atoms with Gasteiger partial charge in [0.15, 0.2) is 0 Å². The Morgan fingerprint density at radius 2 is 2.27 bits per heavy atom. The lowest BCUT2D eigenvalue weighted by molar-refractivity contribution is -0.144. The second-order valence-corrected chi connectivity index (χ2v) is 4.46. The van der Waals surface area contributed by atoms with Crippen molar-refractivity contribution < 1.29 is 9.53 Å². The average molecular weight is 214 g/mol. The highest BCUT2D eigenvalue weighted by atomic mass is 16.5. The number of morpholine rings is 1. The van der Waals surface area contributed by atoms with Crippen molar-refractivity contribution in [2.45, 2.75) is 51.9 Å². The maximum absolute atomic E-state index is 11.8. The minimum absolute atomic E-state index is 0.0595. The van der Waals surface area contributed by atoms with Crippen LogP contribution in [-0.2, 0) is 9.53 Å². The summed E-state index contributed by atoms with van der Waals surface area (Å²) in [6.45, 7) is 7.36. The Hall–Kier alpha value is -0.610. The SMILES string of the molecule is CCC1CN(C(=O)CC(C)N)CC(C)O1. The van der Waals surface area contributed by atoms with Crippen LogP contribution in [0.3, 0.4) is 0 Å². The molecule has 3 unspecified atom stereocenters. The van der Waals surface area contributed by atoms with E-state index < -0.39 is 0 Å². The average Bonchev–Trinajstić information content (AvgIpc) is 2.15. The molecular formula is C11H22N2O2. The first kappa shape index (κ1) is 12.5. The number of nitrogens with zero attached hydrogens (tertiary/aromatic N) is 1. The molecular weight excluding hydrogens is 192 g/mol. The Bertz CT molecular complexity index is 219. The molecule has 0 bridgehead atoms. The van der Waals surface area contributed by atoms with E-state index in [2.05, 4.69) is 6.92 Å². The van der Waals surface area contributed by atoms with Crippen molar-refractivity contribution in [3.8, 4) is 0 Å². The van der Waals surface area contributed by atoms with E-state index in [0.717, 1.165) is 6.42 Å². The lowest BCUT2D eigenvalue weighted by atomic mass is 10.1. The summed E-state index contributed by atoms with van der Waals surface area (Å²) in [4.78, 5) is 13.7. The van der Waals surface area contributed by atoms with E-state index in [1.165, 1.54) is 0 Å². The first-order chi connectivity index (χ1) is 7.02. The quantitative estimate of drug-likeness (QED) is 0.754. The van der Waals surface area contributed by atoms with Crippen molar-refractivity contribution in [1.29, 1.82) is 0 Å². The fourth-order valence-corrected chi connectivity index (χ4v) is 1.88. The number of carbonyl (C=O) groups is 1. The maximum atomic E-state index is 11.8. The van der Waals surface area contributed by atoms with Crippen LogP contribution in [0.2, 0.25) is 0 Å². The van der Waals surface area contributed by atoms with Crippen molar-refractivity contribution in [3.63, 3.8) is 0 Å². The fourth-order valence-electron chi connectivity index (χ4n) is 1.88. The third-order valence-electron chi connectivity index (χ3n) is 2.63. The van der Waals surface area contributed by atoms with Crippen LogP contribution < -0.4 is 5.73 Å². The molecule has 0 saturated carbocycles. The largest absolute Gasteiger partial charge is 0.372 e. The van der Waals surface area contributed by atoms with Gasteiger partial charge in [-0.3, -0.25) is 4.79 Å². The van der Waals surface area contributed by atoms with Gasteiger partial charge in [0.2, 0.25) is 5.91 Å². The molecule has 1 saturated heterocycles. The molecule has 0 aromatic carbocycles. The van der Waals surface area contributed by atoms with E-state index in [1.54, 1.807) is 0 Å². The molecule has 0 spiro atoms. The smallest absolute Gasteiger partial charge is 0.224 e. The molecule has 4 nitrogen and oxygen atoms in total. The number of ether oxygens (including phenoxy) is 1. The number of carbonyl (C=O) groups excluding carboxylic acids is 1. The molecule has 0 radical (unpaired) electrons. The van der Waals surface area contributed by atoms with Gasteiger partial charge in [0.05, 0.1) is 12.2 Å². The number of hydrogen-bond acceptors (Lipinski definition) is 3. The van der Waals surface area contributed by atoms with Crippen LogP contribution in [0, 0.1) is 0 Å². The minimum Gasteiger partial charge on any atom is -0.372 e. The second-order valence-electron chi connectivity index (χ2n) is 4.46. The van der Waals surface area contributed by atoms with E-state index in [-0.39, 0.29) is 24.2 Å². The van der Waals surface area contributed by atoms with Gasteiger partial charge in [-0.15, -0.1) is 0 Å². The van der Waals surface area contributed by atoms with Crippen molar-refractivity contribution in [2.75, 3.05) is 13.1 Å². The summed E-state index contributed by atoms with van der Waals surface area (Å²) >= 11 is 0. The molecule has 1 aliphatic heterocycles. The first-order valence-corrected chi connectivity index (χ1v) is 5.71. The summed E-state index contributed by atoms with van der Waals surface area (Å²) in [5, 5.41) is 0. The summed E-state index contributed by atoms with van der Waals surface area (Å²) in [6, 6.07) is -0.0595. The van der Waals surface area contributed by atoms with Crippen LogP contribution in [0.1, 0.15) is 33.6 Å². The van der Waals surface area contributed by atoms with Crippen molar-refractivity contribution >= 4 is 5.91 Å². The van der Waals surface area contributed by atoms with E-state index in [1.807, 2.05) is 18.7 Å². The van der Waals surface area contributed by atoms with E-state index in [9.17, 15) is 4.79 Å². The van der Waals surface area contributed by atoms with Gasteiger partial charge in [-0.05, 0) is 20.3 Å². The molecule has 1 rings (SSSR count). The number of nitrogens with two attached hydrogens (primary N) is 1. The van der Waals surface area contributed by atoms with Gasteiger partial charge in [-0.2, -0.15) is 0 Å². The highest BCUT2D eigenvalue weighted by Crippen LogP contribution is 2.14. The molecule has 1 aliphatic rings. The molecule has 3 atom stereocenters. The Labute approximate surface area is 91.8 Å². The van der Waals surface area contributed by atoms with Crippen LogP contribution in [0.4, 0.5) is 0 Å². The molecule has 2 N–H and O–H groups in total. The van der Waals surface area contributed by atoms with Crippen molar-refractivity contribution in [3.05, 3.63) is 0 Å². The maximum Gasteiger partial charge on any atom is 0.224 e. The number of amides is 1. The zero-order valence-electron chi connectivity index (χ0n) is 9.90. The van der Waals surface area contributed by atoms with Crippen LogP contribution in [0.5, 0.6) is 0 Å². The van der Waals surface area contributed by atoms with Crippen LogP contribution in [0.25, 0.3) is 0 Å². The molecule has 4 heteroatoms. The monoisotopic (exact) mass is 214 g/mol. The summed E-state index contributed by atoms with van der Waals surface area (Å²) in [5.74, 6) is 0.151. The van der Waals surface area contributed by atoms with Gasteiger partial charge < -0.3 is 15.4 Å². The molecule has 1 heterocycles. The lowest BCUT2D eigenvalue weighted by Gasteiger charge is -2.36. The third-order valence-corrected chi connectivity index (χ3v) is 2.63.